The molecule has 122 valence electrons. The number of aromatic nitrogens is 2. The van der Waals surface area contributed by atoms with Gasteiger partial charge in [0.15, 0.2) is 4.77 Å². The number of amides is 1. The second kappa shape index (κ2) is 6.41. The molecule has 0 bridgehead atoms. The van der Waals surface area contributed by atoms with Crippen molar-refractivity contribution in [1.29, 1.82) is 0 Å². The van der Waals surface area contributed by atoms with Crippen LogP contribution in [0.3, 0.4) is 0 Å². The van der Waals surface area contributed by atoms with Gasteiger partial charge < -0.3 is 10.3 Å². The average Bonchev–Trinajstić information content (AvgIpc) is 2.54. The third kappa shape index (κ3) is 3.00. The van der Waals surface area contributed by atoms with Gasteiger partial charge in [-0.05, 0) is 62.0 Å². The molecule has 0 atom stereocenters. The van der Waals surface area contributed by atoms with Gasteiger partial charge in [-0.3, -0.25) is 14.2 Å². The Hall–Kier alpha value is -2.73. The molecule has 3 rings (SSSR count). The molecule has 0 aliphatic carbocycles. The van der Waals surface area contributed by atoms with E-state index in [9.17, 15) is 9.59 Å². The maximum atomic E-state index is 12.4. The number of nitrogens with one attached hydrogen (secondary N) is 2. The fourth-order valence-electron chi connectivity index (χ4n) is 2.61. The summed E-state index contributed by atoms with van der Waals surface area (Å²) in [5.74, 6) is -0.235. The van der Waals surface area contributed by atoms with Crippen LogP contribution in [0, 0.1) is 11.7 Å². The first kappa shape index (κ1) is 16.1. The summed E-state index contributed by atoms with van der Waals surface area (Å²) in [6, 6.07) is 12.5. The normalized spacial score (nSPS) is 10.8. The summed E-state index contributed by atoms with van der Waals surface area (Å²) in [5.41, 5.74) is 2.67. The van der Waals surface area contributed by atoms with Crippen LogP contribution in [0.4, 0.5) is 5.69 Å². The van der Waals surface area contributed by atoms with Crippen molar-refractivity contribution in [2.75, 3.05) is 5.32 Å². The molecular formula is C18H17N3O2S. The minimum absolute atomic E-state index is 0.151. The van der Waals surface area contributed by atoms with E-state index in [-0.39, 0.29) is 11.5 Å². The number of H-pyrrole nitrogens is 1. The molecule has 2 aromatic carbocycles. The number of rotatable bonds is 3. The molecule has 5 nitrogen and oxygen atoms in total. The zero-order chi connectivity index (χ0) is 17.3. The van der Waals surface area contributed by atoms with Crippen LogP contribution in [0.5, 0.6) is 0 Å². The molecule has 1 aromatic heterocycles. The quantitative estimate of drug-likeness (QED) is 0.716. The highest BCUT2D eigenvalue weighted by molar-refractivity contribution is 7.71. The highest BCUT2D eigenvalue weighted by Gasteiger charge is 2.10. The lowest BCUT2D eigenvalue weighted by Crippen LogP contribution is -2.21. The zero-order valence-corrected chi connectivity index (χ0v) is 14.2. The van der Waals surface area contributed by atoms with Crippen LogP contribution in [0.2, 0.25) is 0 Å². The van der Waals surface area contributed by atoms with Crippen LogP contribution in [0.1, 0.15) is 22.8 Å². The van der Waals surface area contributed by atoms with Crippen molar-refractivity contribution < 1.29 is 4.79 Å². The number of hydrogen-bond acceptors (Lipinski definition) is 3. The number of aromatic amines is 1. The van der Waals surface area contributed by atoms with Crippen molar-refractivity contribution >= 4 is 34.7 Å². The van der Waals surface area contributed by atoms with Gasteiger partial charge in [0.2, 0.25) is 0 Å². The Labute approximate surface area is 144 Å². The van der Waals surface area contributed by atoms with Gasteiger partial charge in [-0.2, -0.15) is 0 Å². The molecule has 1 amide bonds. The average molecular weight is 339 g/mol. The van der Waals surface area contributed by atoms with Gasteiger partial charge in [0.1, 0.15) is 0 Å². The molecule has 0 spiro atoms. The lowest BCUT2D eigenvalue weighted by Gasteiger charge is -2.08. The first-order valence-electron chi connectivity index (χ1n) is 7.64. The Kier molecular flexibility index (Phi) is 4.31. The summed E-state index contributed by atoms with van der Waals surface area (Å²) < 4.78 is 1.84. The van der Waals surface area contributed by atoms with E-state index < -0.39 is 0 Å². The minimum atomic E-state index is -0.235. The van der Waals surface area contributed by atoms with Gasteiger partial charge in [0, 0.05) is 17.8 Å². The Morgan fingerprint density at radius 3 is 2.75 bits per heavy atom. The van der Waals surface area contributed by atoms with Crippen molar-refractivity contribution in [1.82, 2.24) is 9.55 Å². The molecule has 0 saturated heterocycles. The SMILES string of the molecule is CCn1c(=S)[nH]c2cc(C(=O)Nc3cccc(C)c3)ccc2c1=O. The molecule has 6 heteroatoms. The van der Waals surface area contributed by atoms with Crippen molar-refractivity contribution in [3.05, 3.63) is 68.7 Å². The van der Waals surface area contributed by atoms with Gasteiger partial charge in [0.05, 0.1) is 10.9 Å². The highest BCUT2D eigenvalue weighted by atomic mass is 32.1. The number of nitrogens with zero attached hydrogens (tertiary/aromatic N) is 1. The molecule has 0 aliphatic rings. The van der Waals surface area contributed by atoms with E-state index in [0.717, 1.165) is 11.3 Å². The summed E-state index contributed by atoms with van der Waals surface area (Å²) >= 11 is 5.20. The molecule has 24 heavy (non-hydrogen) atoms. The predicted molar refractivity (Wildman–Crippen MR) is 98.2 cm³/mol. The van der Waals surface area contributed by atoms with E-state index in [4.69, 9.17) is 12.2 Å². The van der Waals surface area contributed by atoms with Crippen LogP contribution in [-0.2, 0) is 6.54 Å². The van der Waals surface area contributed by atoms with Gasteiger partial charge in [-0.25, -0.2) is 0 Å². The summed E-state index contributed by atoms with van der Waals surface area (Å²) in [6.07, 6.45) is 0. The van der Waals surface area contributed by atoms with Gasteiger partial charge in [0.25, 0.3) is 11.5 Å². The third-order valence-electron chi connectivity index (χ3n) is 3.84. The fourth-order valence-corrected chi connectivity index (χ4v) is 2.93. The molecule has 0 unspecified atom stereocenters. The summed E-state index contributed by atoms with van der Waals surface area (Å²) in [7, 11) is 0. The third-order valence-corrected chi connectivity index (χ3v) is 4.16. The Bertz CT molecular complexity index is 1050. The first-order valence-corrected chi connectivity index (χ1v) is 8.05. The Balaban J connectivity index is 2.00. The topological polar surface area (TPSA) is 66.9 Å². The van der Waals surface area contributed by atoms with Crippen molar-refractivity contribution in [3.63, 3.8) is 0 Å². The van der Waals surface area contributed by atoms with Crippen molar-refractivity contribution in [2.24, 2.45) is 0 Å². The number of carbonyl (C=O) groups is 1. The smallest absolute Gasteiger partial charge is 0.262 e. The predicted octanol–water partition coefficient (Wildman–Crippen LogP) is 3.64. The van der Waals surface area contributed by atoms with Crippen LogP contribution in [0.15, 0.2) is 47.3 Å². The van der Waals surface area contributed by atoms with Crippen molar-refractivity contribution in [2.45, 2.75) is 20.4 Å². The van der Waals surface area contributed by atoms with E-state index in [2.05, 4.69) is 10.3 Å². The van der Waals surface area contributed by atoms with Crippen LogP contribution in [-0.4, -0.2) is 15.5 Å². The summed E-state index contributed by atoms with van der Waals surface area (Å²) in [4.78, 5) is 27.8. The molecule has 0 fully saturated rings. The molecule has 0 aliphatic heterocycles. The number of aryl methyl sites for hydroxylation is 1. The standard InChI is InChI=1S/C18H17N3O2S/c1-3-21-17(23)14-8-7-12(10-15(14)20-18(21)24)16(22)19-13-6-4-5-11(2)9-13/h4-10H,3H2,1-2H3,(H,19,22)(H,20,24). The highest BCUT2D eigenvalue weighted by Crippen LogP contribution is 2.14. The molecule has 0 radical (unpaired) electrons. The number of hydrogen-bond donors (Lipinski definition) is 2. The van der Waals surface area contributed by atoms with E-state index in [1.165, 1.54) is 4.57 Å². The Morgan fingerprint density at radius 1 is 1.25 bits per heavy atom. The van der Waals surface area contributed by atoms with Gasteiger partial charge in [-0.1, -0.05) is 12.1 Å². The van der Waals surface area contributed by atoms with E-state index in [1.807, 2.05) is 38.1 Å². The Morgan fingerprint density at radius 2 is 2.04 bits per heavy atom. The summed E-state index contributed by atoms with van der Waals surface area (Å²) in [5, 5.41) is 3.36. The van der Waals surface area contributed by atoms with Crippen LogP contribution in [0.25, 0.3) is 10.9 Å². The number of anilines is 1. The summed E-state index contributed by atoms with van der Waals surface area (Å²) in [6.45, 7) is 4.32. The maximum absolute atomic E-state index is 12.4. The maximum Gasteiger partial charge on any atom is 0.262 e. The molecule has 0 saturated carbocycles. The monoisotopic (exact) mass is 339 g/mol. The zero-order valence-electron chi connectivity index (χ0n) is 13.4. The molecule has 1 heterocycles. The second-order valence-corrected chi connectivity index (χ2v) is 5.95. The fraction of sp³-hybridized carbons (Fsp3) is 0.167. The van der Waals surface area contributed by atoms with E-state index in [1.54, 1.807) is 18.2 Å². The van der Waals surface area contributed by atoms with Crippen LogP contribution < -0.4 is 10.9 Å². The lowest BCUT2D eigenvalue weighted by atomic mass is 10.1. The number of carbonyl (C=O) groups excluding carboxylic acids is 1. The van der Waals surface area contributed by atoms with Crippen molar-refractivity contribution in [3.8, 4) is 0 Å². The van der Waals surface area contributed by atoms with Gasteiger partial charge in [-0.15, -0.1) is 0 Å². The number of benzene rings is 2. The van der Waals surface area contributed by atoms with E-state index in [0.29, 0.717) is 27.8 Å². The van der Waals surface area contributed by atoms with E-state index >= 15 is 0 Å². The lowest BCUT2D eigenvalue weighted by molar-refractivity contribution is 0.102. The van der Waals surface area contributed by atoms with Crippen LogP contribution >= 0.6 is 12.2 Å². The molecular weight excluding hydrogens is 322 g/mol. The first-order chi connectivity index (χ1) is 11.5. The largest absolute Gasteiger partial charge is 0.332 e. The molecule has 2 N–H and O–H groups in total. The van der Waals surface area contributed by atoms with Gasteiger partial charge >= 0.3 is 0 Å². The minimum Gasteiger partial charge on any atom is -0.332 e. The second-order valence-electron chi connectivity index (χ2n) is 5.56. The number of fused-ring (bicyclic) bond motifs is 1. The molecule has 3 aromatic rings.